The molecule has 0 fully saturated rings. The van der Waals surface area contributed by atoms with Gasteiger partial charge in [-0.3, -0.25) is 4.79 Å². The normalized spacial score (nSPS) is 12.2. The summed E-state index contributed by atoms with van der Waals surface area (Å²) < 4.78 is 12.2. The number of carbonyl (C=O) groups is 1. The minimum Gasteiger partial charge on any atom is -0.339 e. The smallest absolute Gasteiger partial charge is 0.252 e. The lowest BCUT2D eigenvalue weighted by molar-refractivity contribution is 0.0934. The van der Waals surface area contributed by atoms with E-state index in [0.717, 1.165) is 21.4 Å². The monoisotopic (exact) mass is 545 g/mol. The van der Waals surface area contributed by atoms with Crippen LogP contribution in [-0.2, 0) is 0 Å². The van der Waals surface area contributed by atoms with Crippen molar-refractivity contribution in [1.82, 2.24) is 10.6 Å². The van der Waals surface area contributed by atoms with Crippen LogP contribution in [0.25, 0.3) is 0 Å². The number of anilines is 1. The van der Waals surface area contributed by atoms with E-state index in [9.17, 15) is 9.18 Å². The van der Waals surface area contributed by atoms with E-state index in [1.807, 2.05) is 24.3 Å². The molecule has 0 aromatic heterocycles. The Bertz CT molecular complexity index is 785. The fraction of sp³-hybridized carbons (Fsp3) is 0.125. The van der Waals surface area contributed by atoms with Gasteiger partial charge in [-0.1, -0.05) is 34.8 Å². The Hall–Kier alpha value is -0.870. The van der Waals surface area contributed by atoms with Gasteiger partial charge in [0.25, 0.3) is 5.91 Å². The first-order chi connectivity index (χ1) is 12.1. The number of nitrogens with one attached hydrogen (secondary N) is 3. The molecule has 0 unspecified atom stereocenters. The maximum atomic E-state index is 13.0. The molecule has 0 aliphatic rings. The summed E-state index contributed by atoms with van der Waals surface area (Å²) in [5, 5.41) is 8.36. The van der Waals surface area contributed by atoms with Crippen molar-refractivity contribution in [3.05, 3.63) is 63.5 Å². The molecule has 10 heteroatoms. The van der Waals surface area contributed by atoms with Crippen molar-refractivity contribution >= 4 is 86.3 Å². The third-order valence-electron chi connectivity index (χ3n) is 3.09. The van der Waals surface area contributed by atoms with Gasteiger partial charge in [0, 0.05) is 14.8 Å². The average Bonchev–Trinajstić information content (AvgIpc) is 2.56. The number of carbonyl (C=O) groups excluding carboxylic acids is 1. The average molecular weight is 547 g/mol. The molecule has 2 rings (SSSR count). The number of halogens is 5. The summed E-state index contributed by atoms with van der Waals surface area (Å²) in [6.45, 7) is 0. The van der Waals surface area contributed by atoms with Crippen LogP contribution >= 0.6 is 69.6 Å². The number of amides is 1. The van der Waals surface area contributed by atoms with Gasteiger partial charge in [-0.25, -0.2) is 4.39 Å². The van der Waals surface area contributed by atoms with Crippen LogP contribution in [0.1, 0.15) is 10.4 Å². The van der Waals surface area contributed by atoms with Gasteiger partial charge in [-0.05, 0) is 83.3 Å². The van der Waals surface area contributed by atoms with Gasteiger partial charge < -0.3 is 16.0 Å². The van der Waals surface area contributed by atoms with Crippen LogP contribution < -0.4 is 16.0 Å². The minimum atomic E-state index is -1.88. The number of hydrogen-bond acceptors (Lipinski definition) is 2. The van der Waals surface area contributed by atoms with Crippen molar-refractivity contribution in [2.24, 2.45) is 0 Å². The first-order valence-corrected chi connectivity index (χ1v) is 9.73. The summed E-state index contributed by atoms with van der Waals surface area (Å²) in [7, 11) is 0. The van der Waals surface area contributed by atoms with Gasteiger partial charge in [-0.15, -0.1) is 0 Å². The van der Waals surface area contributed by atoms with E-state index in [-0.39, 0.29) is 10.7 Å². The van der Waals surface area contributed by atoms with Gasteiger partial charge in [0.15, 0.2) is 5.11 Å². The molecule has 0 saturated heterocycles. The van der Waals surface area contributed by atoms with Gasteiger partial charge in [0.05, 0.1) is 0 Å². The van der Waals surface area contributed by atoms with Crippen molar-refractivity contribution in [2.75, 3.05) is 5.32 Å². The molecule has 0 bridgehead atoms. The van der Waals surface area contributed by atoms with E-state index in [4.69, 9.17) is 47.0 Å². The van der Waals surface area contributed by atoms with Crippen molar-refractivity contribution < 1.29 is 9.18 Å². The molecule has 138 valence electrons. The van der Waals surface area contributed by atoms with Crippen LogP contribution in [0.15, 0.2) is 48.5 Å². The molecule has 2 aromatic carbocycles. The van der Waals surface area contributed by atoms with Crippen LogP contribution in [0.3, 0.4) is 0 Å². The topological polar surface area (TPSA) is 53.2 Å². The van der Waals surface area contributed by atoms with Crippen LogP contribution in [0, 0.1) is 9.39 Å². The highest BCUT2D eigenvalue weighted by Crippen LogP contribution is 2.29. The first-order valence-electron chi connectivity index (χ1n) is 7.11. The molecule has 1 amide bonds. The quantitative estimate of drug-likeness (QED) is 0.222. The molecular weight excluding hydrogens is 535 g/mol. The van der Waals surface area contributed by atoms with Crippen molar-refractivity contribution in [3.8, 4) is 0 Å². The minimum absolute atomic E-state index is 0.155. The Kier molecular flexibility index (Phi) is 7.72. The van der Waals surface area contributed by atoms with Gasteiger partial charge >= 0.3 is 0 Å². The fourth-order valence-electron chi connectivity index (χ4n) is 1.85. The van der Waals surface area contributed by atoms with E-state index < -0.39 is 21.7 Å². The SMILES string of the molecule is O=C(N[C@@H](NC(=S)Nc1ccc(I)cc1)C(Cl)(Cl)Cl)c1ccc(F)cc1. The van der Waals surface area contributed by atoms with Crippen LogP contribution in [0.4, 0.5) is 10.1 Å². The molecule has 26 heavy (non-hydrogen) atoms. The van der Waals surface area contributed by atoms with E-state index in [0.29, 0.717) is 0 Å². The molecule has 2 aromatic rings. The Morgan fingerprint density at radius 2 is 1.62 bits per heavy atom. The number of thiocarbonyl (C=S) groups is 1. The summed E-state index contributed by atoms with van der Waals surface area (Å²) in [5.74, 6) is -1.01. The Labute approximate surface area is 183 Å². The predicted octanol–water partition coefficient (Wildman–Crippen LogP) is 4.84. The summed E-state index contributed by atoms with van der Waals surface area (Å²) >= 11 is 25.2. The Morgan fingerprint density at radius 1 is 1.04 bits per heavy atom. The maximum Gasteiger partial charge on any atom is 0.252 e. The fourth-order valence-corrected chi connectivity index (χ4v) is 2.77. The van der Waals surface area contributed by atoms with Gasteiger partial charge in [0.2, 0.25) is 3.79 Å². The standard InChI is InChI=1S/C16H12Cl3FIN3OS/c17-16(18,19)14(23-13(25)9-1-3-10(20)4-2-9)24-15(26)22-12-7-5-11(21)6-8-12/h1-8,14H,(H,23,25)(H2,22,24,26)/t14-/m0/s1. The molecule has 3 N–H and O–H groups in total. The van der Waals surface area contributed by atoms with Crippen molar-refractivity contribution in [2.45, 2.75) is 9.96 Å². The van der Waals surface area contributed by atoms with Crippen LogP contribution in [-0.4, -0.2) is 21.0 Å². The predicted molar refractivity (Wildman–Crippen MR) is 116 cm³/mol. The van der Waals surface area contributed by atoms with Gasteiger partial charge in [-0.2, -0.15) is 0 Å². The molecule has 0 heterocycles. The second kappa shape index (κ2) is 9.36. The largest absolute Gasteiger partial charge is 0.339 e. The highest BCUT2D eigenvalue weighted by Gasteiger charge is 2.34. The number of hydrogen-bond donors (Lipinski definition) is 3. The lowest BCUT2D eigenvalue weighted by Gasteiger charge is -2.27. The number of rotatable bonds is 4. The molecule has 1 atom stereocenters. The lowest BCUT2D eigenvalue weighted by atomic mass is 10.2. The summed E-state index contributed by atoms with van der Waals surface area (Å²) in [4.78, 5) is 12.3. The summed E-state index contributed by atoms with van der Waals surface area (Å²) in [6.07, 6.45) is -1.12. The third kappa shape index (κ3) is 6.70. The molecule has 0 radical (unpaired) electrons. The summed E-state index contributed by atoms with van der Waals surface area (Å²) in [5.41, 5.74) is 0.944. The highest BCUT2D eigenvalue weighted by molar-refractivity contribution is 14.1. The first kappa shape index (κ1) is 21.4. The molecule has 0 aliphatic carbocycles. The second-order valence-electron chi connectivity index (χ2n) is 5.06. The second-order valence-corrected chi connectivity index (χ2v) is 9.08. The van der Waals surface area contributed by atoms with Crippen molar-refractivity contribution in [1.29, 1.82) is 0 Å². The Balaban J connectivity index is 2.04. The molecule has 0 saturated carbocycles. The van der Waals surface area contributed by atoms with E-state index >= 15 is 0 Å². The van der Waals surface area contributed by atoms with Crippen molar-refractivity contribution in [3.63, 3.8) is 0 Å². The molecule has 4 nitrogen and oxygen atoms in total. The zero-order valence-electron chi connectivity index (χ0n) is 12.9. The summed E-state index contributed by atoms with van der Waals surface area (Å²) in [6, 6.07) is 12.4. The number of alkyl halides is 3. The zero-order chi connectivity index (χ0) is 19.3. The van der Waals surface area contributed by atoms with Gasteiger partial charge in [0.1, 0.15) is 12.0 Å². The van der Waals surface area contributed by atoms with E-state index in [1.54, 1.807) is 0 Å². The zero-order valence-corrected chi connectivity index (χ0v) is 18.1. The molecule has 0 spiro atoms. The van der Waals surface area contributed by atoms with E-state index in [1.165, 1.54) is 12.1 Å². The molecule has 0 aliphatic heterocycles. The number of benzene rings is 2. The van der Waals surface area contributed by atoms with Crippen LogP contribution in [0.5, 0.6) is 0 Å². The molecular formula is C16H12Cl3FIN3OS. The van der Waals surface area contributed by atoms with E-state index in [2.05, 4.69) is 38.5 Å². The third-order valence-corrected chi connectivity index (χ3v) is 4.68. The van der Waals surface area contributed by atoms with Crippen LogP contribution in [0.2, 0.25) is 0 Å². The highest BCUT2D eigenvalue weighted by atomic mass is 127. The maximum absolute atomic E-state index is 13.0. The lowest BCUT2D eigenvalue weighted by Crippen LogP contribution is -2.56. The Morgan fingerprint density at radius 3 is 2.15 bits per heavy atom.